The van der Waals surface area contributed by atoms with Crippen LogP contribution in [-0.2, 0) is 11.3 Å². The summed E-state index contributed by atoms with van der Waals surface area (Å²) in [6.45, 7) is 5.39. The van der Waals surface area contributed by atoms with Crippen LogP contribution >= 0.6 is 0 Å². The molecule has 6 heteroatoms. The van der Waals surface area contributed by atoms with E-state index in [-0.39, 0.29) is 17.7 Å². The van der Waals surface area contributed by atoms with Crippen LogP contribution in [-0.4, -0.2) is 22.4 Å². The van der Waals surface area contributed by atoms with Crippen molar-refractivity contribution >= 4 is 0 Å². The van der Waals surface area contributed by atoms with Gasteiger partial charge in [0.1, 0.15) is 18.0 Å². The Morgan fingerprint density at radius 2 is 2.33 bits per heavy atom. The van der Waals surface area contributed by atoms with Gasteiger partial charge in [-0.05, 0) is 38.0 Å². The van der Waals surface area contributed by atoms with Gasteiger partial charge >= 0.3 is 0 Å². The molecular formula is C18H21FN4O. The minimum Gasteiger partial charge on any atom is -0.372 e. The van der Waals surface area contributed by atoms with Gasteiger partial charge < -0.3 is 10.1 Å². The van der Waals surface area contributed by atoms with Crippen LogP contribution in [0, 0.1) is 17.1 Å². The summed E-state index contributed by atoms with van der Waals surface area (Å²) in [7, 11) is 0. The van der Waals surface area contributed by atoms with Crippen LogP contribution in [0.4, 0.5) is 4.39 Å². The van der Waals surface area contributed by atoms with Crippen molar-refractivity contribution in [2.24, 2.45) is 0 Å². The van der Waals surface area contributed by atoms with Crippen molar-refractivity contribution < 1.29 is 9.13 Å². The predicted octanol–water partition coefficient (Wildman–Crippen LogP) is 3.09. The molecular weight excluding hydrogens is 307 g/mol. The monoisotopic (exact) mass is 328 g/mol. The van der Waals surface area contributed by atoms with E-state index >= 15 is 0 Å². The first kappa shape index (κ1) is 16.6. The lowest BCUT2D eigenvalue weighted by Crippen LogP contribution is -2.31. The van der Waals surface area contributed by atoms with Gasteiger partial charge in [-0.25, -0.2) is 4.39 Å². The van der Waals surface area contributed by atoms with E-state index in [0.717, 1.165) is 17.5 Å². The van der Waals surface area contributed by atoms with Gasteiger partial charge in [0.2, 0.25) is 0 Å². The second-order valence-electron chi connectivity index (χ2n) is 6.34. The fourth-order valence-electron chi connectivity index (χ4n) is 2.92. The first-order chi connectivity index (χ1) is 11.6. The first-order valence-electron chi connectivity index (χ1n) is 8.16. The molecule has 1 N–H and O–H groups in total. The molecule has 0 saturated carbocycles. The van der Waals surface area contributed by atoms with Crippen molar-refractivity contribution in [2.45, 2.75) is 45.0 Å². The smallest absolute Gasteiger partial charge is 0.141 e. The Morgan fingerprint density at radius 3 is 3.00 bits per heavy atom. The molecule has 5 nitrogen and oxygen atoms in total. The van der Waals surface area contributed by atoms with Crippen LogP contribution < -0.4 is 5.32 Å². The van der Waals surface area contributed by atoms with Crippen LogP contribution in [0.1, 0.15) is 49.1 Å². The molecule has 1 aromatic carbocycles. The predicted molar refractivity (Wildman–Crippen MR) is 87.7 cm³/mol. The van der Waals surface area contributed by atoms with E-state index in [1.54, 1.807) is 6.07 Å². The van der Waals surface area contributed by atoms with Gasteiger partial charge in [0.05, 0.1) is 11.8 Å². The molecule has 24 heavy (non-hydrogen) atoms. The van der Waals surface area contributed by atoms with Gasteiger partial charge in [-0.1, -0.05) is 6.07 Å². The molecule has 2 aromatic rings. The highest BCUT2D eigenvalue weighted by Crippen LogP contribution is 2.29. The molecule has 0 radical (unpaired) electrons. The normalized spacial score (nSPS) is 20.5. The van der Waals surface area contributed by atoms with Gasteiger partial charge in [-0.2, -0.15) is 10.4 Å². The van der Waals surface area contributed by atoms with E-state index in [1.807, 2.05) is 23.1 Å². The summed E-state index contributed by atoms with van der Waals surface area (Å²) in [5, 5.41) is 16.6. The first-order valence-corrected chi connectivity index (χ1v) is 8.16. The maximum absolute atomic E-state index is 13.7. The van der Waals surface area contributed by atoms with Crippen LogP contribution in [0.25, 0.3) is 0 Å². The number of halogens is 1. The second-order valence-corrected chi connectivity index (χ2v) is 6.34. The molecule has 2 atom stereocenters. The van der Waals surface area contributed by atoms with Gasteiger partial charge in [-0.15, -0.1) is 0 Å². The van der Waals surface area contributed by atoms with Crippen molar-refractivity contribution in [3.63, 3.8) is 0 Å². The zero-order valence-corrected chi connectivity index (χ0v) is 13.9. The lowest BCUT2D eigenvalue weighted by Gasteiger charge is -2.19. The van der Waals surface area contributed by atoms with Crippen molar-refractivity contribution in [3.05, 3.63) is 53.1 Å². The SMILES string of the molecule is CC(C)n1cc([C@H]2OCC[C@@H]2NCc2ccc(C#N)c(F)c2)cn1. The Hall–Kier alpha value is -2.23. The summed E-state index contributed by atoms with van der Waals surface area (Å²) in [6, 6.07) is 7.01. The number of hydrogen-bond donors (Lipinski definition) is 1. The third kappa shape index (κ3) is 3.48. The summed E-state index contributed by atoms with van der Waals surface area (Å²) in [4.78, 5) is 0. The highest BCUT2D eigenvalue weighted by Gasteiger charge is 2.30. The zero-order valence-electron chi connectivity index (χ0n) is 13.9. The molecule has 0 aliphatic carbocycles. The van der Waals surface area contributed by atoms with Crippen molar-refractivity contribution in [3.8, 4) is 6.07 Å². The molecule has 1 aliphatic rings. The number of nitrogens with zero attached hydrogens (tertiary/aromatic N) is 3. The Morgan fingerprint density at radius 1 is 1.50 bits per heavy atom. The number of aromatic nitrogens is 2. The topological polar surface area (TPSA) is 62.9 Å². The highest BCUT2D eigenvalue weighted by molar-refractivity contribution is 5.33. The molecule has 0 bridgehead atoms. The molecule has 1 aliphatic heterocycles. The Bertz CT molecular complexity index is 750. The number of nitrogens with one attached hydrogen (secondary N) is 1. The quantitative estimate of drug-likeness (QED) is 0.916. The molecule has 0 spiro atoms. The lowest BCUT2D eigenvalue weighted by molar-refractivity contribution is 0.0984. The minimum absolute atomic E-state index is 0.0410. The van der Waals surface area contributed by atoms with Gasteiger partial charge in [0.15, 0.2) is 0 Å². The Kier molecular flexibility index (Phi) is 4.93. The number of rotatable bonds is 5. The molecule has 1 saturated heterocycles. The Labute approximate surface area is 141 Å². The fraction of sp³-hybridized carbons (Fsp3) is 0.444. The molecule has 0 unspecified atom stereocenters. The van der Waals surface area contributed by atoms with Crippen LogP contribution in [0.15, 0.2) is 30.6 Å². The minimum atomic E-state index is -0.478. The van der Waals surface area contributed by atoms with E-state index < -0.39 is 5.82 Å². The van der Waals surface area contributed by atoms with Crippen molar-refractivity contribution in [2.75, 3.05) is 6.61 Å². The van der Waals surface area contributed by atoms with E-state index in [1.165, 1.54) is 12.1 Å². The summed E-state index contributed by atoms with van der Waals surface area (Å²) >= 11 is 0. The third-order valence-corrected chi connectivity index (χ3v) is 4.29. The van der Waals surface area contributed by atoms with Crippen molar-refractivity contribution in [1.29, 1.82) is 5.26 Å². The summed E-state index contributed by atoms with van der Waals surface area (Å²) in [5.74, 6) is -0.478. The zero-order chi connectivity index (χ0) is 17.1. The standard InChI is InChI=1S/C18H21FN4O/c1-12(2)23-11-15(10-22-23)18-17(5-6-24-18)21-9-13-3-4-14(8-20)16(19)7-13/h3-4,7,10-12,17-18,21H,5-6,9H2,1-2H3/t17-,18+/m0/s1. The van der Waals surface area contributed by atoms with E-state index in [0.29, 0.717) is 19.2 Å². The third-order valence-electron chi connectivity index (χ3n) is 4.29. The number of benzene rings is 1. The molecule has 0 amide bonds. The molecule has 2 heterocycles. The lowest BCUT2D eigenvalue weighted by atomic mass is 10.0. The average molecular weight is 328 g/mol. The van der Waals surface area contributed by atoms with Crippen LogP contribution in [0.5, 0.6) is 0 Å². The maximum Gasteiger partial charge on any atom is 0.141 e. The highest BCUT2D eigenvalue weighted by atomic mass is 19.1. The molecule has 1 fully saturated rings. The van der Waals surface area contributed by atoms with Gasteiger partial charge in [0, 0.05) is 37.0 Å². The molecule has 126 valence electrons. The molecule has 1 aromatic heterocycles. The number of ether oxygens (including phenoxy) is 1. The van der Waals surface area contributed by atoms with Gasteiger partial charge in [-0.3, -0.25) is 4.68 Å². The average Bonchev–Trinajstić information content (AvgIpc) is 3.21. The van der Waals surface area contributed by atoms with E-state index in [9.17, 15) is 4.39 Å². The van der Waals surface area contributed by atoms with Crippen molar-refractivity contribution in [1.82, 2.24) is 15.1 Å². The maximum atomic E-state index is 13.7. The Balaban J connectivity index is 1.65. The van der Waals surface area contributed by atoms with Crippen LogP contribution in [0.2, 0.25) is 0 Å². The summed E-state index contributed by atoms with van der Waals surface area (Å²) < 4.78 is 21.5. The van der Waals surface area contributed by atoms with E-state index in [4.69, 9.17) is 10.00 Å². The fourth-order valence-corrected chi connectivity index (χ4v) is 2.92. The summed E-state index contributed by atoms with van der Waals surface area (Å²) in [5.41, 5.74) is 1.95. The molecule has 3 rings (SSSR count). The van der Waals surface area contributed by atoms with Crippen LogP contribution in [0.3, 0.4) is 0 Å². The summed E-state index contributed by atoms with van der Waals surface area (Å²) in [6.07, 6.45) is 4.74. The van der Waals surface area contributed by atoms with E-state index in [2.05, 4.69) is 24.3 Å². The van der Waals surface area contributed by atoms with Gasteiger partial charge in [0.25, 0.3) is 0 Å². The number of hydrogen-bond acceptors (Lipinski definition) is 4. The number of nitriles is 1. The second kappa shape index (κ2) is 7.12. The largest absolute Gasteiger partial charge is 0.372 e.